The molecule has 0 saturated heterocycles. The van der Waals surface area contributed by atoms with Crippen LogP contribution in [0.1, 0.15) is 37.9 Å². The summed E-state index contributed by atoms with van der Waals surface area (Å²) in [5.41, 5.74) is 7.26. The summed E-state index contributed by atoms with van der Waals surface area (Å²) < 4.78 is 5.49. The zero-order chi connectivity index (χ0) is 18.4. The Morgan fingerprint density at radius 1 is 1.04 bits per heavy atom. The summed E-state index contributed by atoms with van der Waals surface area (Å²) in [6, 6.07) is 15.6. The third kappa shape index (κ3) is 5.35. The second-order valence-corrected chi connectivity index (χ2v) is 6.88. The molecular weight excluding hydrogens is 316 g/mol. The van der Waals surface area contributed by atoms with E-state index >= 15 is 0 Å². The normalized spacial score (nSPS) is 12.3. The summed E-state index contributed by atoms with van der Waals surface area (Å²) in [7, 11) is 0. The largest absolute Gasteiger partial charge is 0.484 e. The Morgan fingerprint density at radius 3 is 2.16 bits per heavy atom. The fourth-order valence-electron chi connectivity index (χ4n) is 2.37. The third-order valence-electron chi connectivity index (χ3n) is 3.81. The Kier molecular flexibility index (Phi) is 5.80. The molecular formula is C20H24N2O3. The molecule has 1 atom stereocenters. The molecule has 0 spiro atoms. The summed E-state index contributed by atoms with van der Waals surface area (Å²) >= 11 is 0. The summed E-state index contributed by atoms with van der Waals surface area (Å²) in [5, 5.41) is 2.60. The molecule has 3 N–H and O–H groups in total. The van der Waals surface area contributed by atoms with E-state index in [1.54, 1.807) is 24.3 Å². The van der Waals surface area contributed by atoms with Gasteiger partial charge in [0.25, 0.3) is 5.91 Å². The van der Waals surface area contributed by atoms with E-state index in [-0.39, 0.29) is 12.0 Å². The minimum atomic E-state index is -0.874. The molecule has 2 aromatic carbocycles. The Balaban J connectivity index is 1.94. The molecule has 132 valence electrons. The molecule has 5 nitrogen and oxygen atoms in total. The number of rotatable bonds is 6. The molecule has 0 aliphatic carbocycles. The highest BCUT2D eigenvalue weighted by Crippen LogP contribution is 2.24. The second-order valence-electron chi connectivity index (χ2n) is 6.88. The van der Waals surface area contributed by atoms with Gasteiger partial charge in [-0.25, -0.2) is 0 Å². The van der Waals surface area contributed by atoms with Crippen molar-refractivity contribution in [1.29, 1.82) is 0 Å². The van der Waals surface area contributed by atoms with Crippen molar-refractivity contribution in [1.82, 2.24) is 5.32 Å². The van der Waals surface area contributed by atoms with Crippen molar-refractivity contribution >= 4 is 11.8 Å². The van der Waals surface area contributed by atoms with Gasteiger partial charge >= 0.3 is 0 Å². The molecule has 5 heteroatoms. The van der Waals surface area contributed by atoms with Crippen molar-refractivity contribution in [3.05, 3.63) is 65.7 Å². The first-order valence-corrected chi connectivity index (χ1v) is 8.14. The van der Waals surface area contributed by atoms with Gasteiger partial charge in [-0.2, -0.15) is 0 Å². The van der Waals surface area contributed by atoms with E-state index in [2.05, 4.69) is 26.1 Å². The van der Waals surface area contributed by atoms with Crippen molar-refractivity contribution in [2.24, 2.45) is 5.73 Å². The predicted molar refractivity (Wildman–Crippen MR) is 97.2 cm³/mol. The first-order valence-electron chi connectivity index (χ1n) is 8.14. The highest BCUT2D eigenvalue weighted by molar-refractivity contribution is 5.88. The molecule has 2 amide bonds. The first-order chi connectivity index (χ1) is 11.8. The molecule has 0 saturated carbocycles. The van der Waals surface area contributed by atoms with Crippen LogP contribution in [0, 0.1) is 0 Å². The van der Waals surface area contributed by atoms with Gasteiger partial charge in [0.2, 0.25) is 5.91 Å². The number of hydrogen-bond donors (Lipinski definition) is 2. The Bertz CT molecular complexity index is 719. The van der Waals surface area contributed by atoms with Gasteiger partial charge in [0.15, 0.2) is 6.61 Å². The van der Waals surface area contributed by atoms with Crippen LogP contribution in [-0.4, -0.2) is 18.4 Å². The molecule has 0 aliphatic heterocycles. The highest BCUT2D eigenvalue weighted by atomic mass is 16.5. The van der Waals surface area contributed by atoms with Gasteiger partial charge in [0.05, 0.1) is 0 Å². The van der Waals surface area contributed by atoms with Crippen molar-refractivity contribution in [2.45, 2.75) is 32.2 Å². The zero-order valence-corrected chi connectivity index (χ0v) is 14.8. The minimum Gasteiger partial charge on any atom is -0.484 e. The number of amides is 2. The quantitative estimate of drug-likeness (QED) is 0.848. The molecule has 2 rings (SSSR count). The molecule has 0 radical (unpaired) electrons. The Labute approximate surface area is 148 Å². The SMILES string of the molecule is CC(C)(C)c1ccc(OCC(=O)N[C@H](C(N)=O)c2ccccc2)cc1. The molecule has 0 aliphatic rings. The van der Waals surface area contributed by atoms with Crippen LogP contribution in [0.4, 0.5) is 0 Å². The lowest BCUT2D eigenvalue weighted by Gasteiger charge is -2.19. The third-order valence-corrected chi connectivity index (χ3v) is 3.81. The summed E-state index contributed by atoms with van der Waals surface area (Å²) in [6.07, 6.45) is 0. The number of primary amides is 1. The number of nitrogens with one attached hydrogen (secondary N) is 1. The zero-order valence-electron chi connectivity index (χ0n) is 14.8. The van der Waals surface area contributed by atoms with E-state index in [4.69, 9.17) is 10.5 Å². The van der Waals surface area contributed by atoms with Crippen LogP contribution in [0.3, 0.4) is 0 Å². The van der Waals surface area contributed by atoms with E-state index in [1.165, 1.54) is 5.56 Å². The monoisotopic (exact) mass is 340 g/mol. The molecule has 0 unspecified atom stereocenters. The molecule has 0 heterocycles. The van der Waals surface area contributed by atoms with Crippen LogP contribution >= 0.6 is 0 Å². The van der Waals surface area contributed by atoms with Crippen LogP contribution < -0.4 is 15.8 Å². The number of hydrogen-bond acceptors (Lipinski definition) is 3. The fraction of sp³-hybridized carbons (Fsp3) is 0.300. The van der Waals surface area contributed by atoms with E-state index in [0.29, 0.717) is 11.3 Å². The van der Waals surface area contributed by atoms with E-state index < -0.39 is 17.9 Å². The molecule has 0 aromatic heterocycles. The van der Waals surface area contributed by atoms with Crippen LogP contribution in [0.2, 0.25) is 0 Å². The number of ether oxygens (including phenoxy) is 1. The van der Waals surface area contributed by atoms with Gasteiger partial charge in [-0.1, -0.05) is 63.2 Å². The van der Waals surface area contributed by atoms with Crippen molar-refractivity contribution in [3.63, 3.8) is 0 Å². The lowest BCUT2D eigenvalue weighted by atomic mass is 9.87. The summed E-state index contributed by atoms with van der Waals surface area (Å²) in [4.78, 5) is 23.7. The minimum absolute atomic E-state index is 0.0559. The van der Waals surface area contributed by atoms with Gasteiger partial charge < -0.3 is 15.8 Å². The summed E-state index contributed by atoms with van der Waals surface area (Å²) in [5.74, 6) is -0.430. The second kappa shape index (κ2) is 7.83. The smallest absolute Gasteiger partial charge is 0.258 e. The number of nitrogens with two attached hydrogens (primary N) is 1. The number of carbonyl (C=O) groups is 2. The predicted octanol–water partition coefficient (Wildman–Crippen LogP) is 2.71. The van der Waals surface area contributed by atoms with Gasteiger partial charge in [0, 0.05) is 0 Å². The number of carbonyl (C=O) groups excluding carboxylic acids is 2. The van der Waals surface area contributed by atoms with E-state index in [1.807, 2.05) is 30.3 Å². The van der Waals surface area contributed by atoms with Crippen LogP contribution in [-0.2, 0) is 15.0 Å². The lowest BCUT2D eigenvalue weighted by Crippen LogP contribution is -2.39. The maximum atomic E-state index is 12.1. The van der Waals surface area contributed by atoms with Crippen molar-refractivity contribution in [3.8, 4) is 5.75 Å². The van der Waals surface area contributed by atoms with Gasteiger partial charge in [-0.05, 0) is 28.7 Å². The maximum Gasteiger partial charge on any atom is 0.258 e. The van der Waals surface area contributed by atoms with Crippen LogP contribution in [0.5, 0.6) is 5.75 Å². The first kappa shape index (κ1) is 18.5. The van der Waals surface area contributed by atoms with E-state index in [0.717, 1.165) is 0 Å². The number of benzene rings is 2. The van der Waals surface area contributed by atoms with Gasteiger partial charge in [0.1, 0.15) is 11.8 Å². The lowest BCUT2D eigenvalue weighted by molar-refractivity contribution is -0.128. The molecule has 2 aromatic rings. The topological polar surface area (TPSA) is 81.4 Å². The van der Waals surface area contributed by atoms with Crippen molar-refractivity contribution < 1.29 is 14.3 Å². The molecule has 25 heavy (non-hydrogen) atoms. The standard InChI is InChI=1S/C20H24N2O3/c1-20(2,3)15-9-11-16(12-10-15)25-13-17(23)22-18(19(21)24)14-7-5-4-6-8-14/h4-12,18H,13H2,1-3H3,(H2,21,24)(H,22,23)/t18-/m0/s1. The summed E-state index contributed by atoms with van der Waals surface area (Å²) in [6.45, 7) is 6.20. The van der Waals surface area contributed by atoms with Gasteiger partial charge in [-0.15, -0.1) is 0 Å². The van der Waals surface area contributed by atoms with Crippen molar-refractivity contribution in [2.75, 3.05) is 6.61 Å². The average Bonchev–Trinajstić information content (AvgIpc) is 2.58. The Hall–Kier alpha value is -2.82. The fourth-order valence-corrected chi connectivity index (χ4v) is 2.37. The maximum absolute atomic E-state index is 12.1. The molecule has 0 fully saturated rings. The molecule has 0 bridgehead atoms. The van der Waals surface area contributed by atoms with E-state index in [9.17, 15) is 9.59 Å². The average molecular weight is 340 g/mol. The van der Waals surface area contributed by atoms with Gasteiger partial charge in [-0.3, -0.25) is 9.59 Å². The van der Waals surface area contributed by atoms with Crippen LogP contribution in [0.25, 0.3) is 0 Å². The van der Waals surface area contributed by atoms with Crippen LogP contribution in [0.15, 0.2) is 54.6 Å². The Morgan fingerprint density at radius 2 is 1.64 bits per heavy atom. The highest BCUT2D eigenvalue weighted by Gasteiger charge is 2.20.